The Morgan fingerprint density at radius 3 is 2.59 bits per heavy atom. The fraction of sp³-hybridized carbons (Fsp3) is 0.600. The molecule has 17 heavy (non-hydrogen) atoms. The van der Waals surface area contributed by atoms with Crippen LogP contribution in [0.3, 0.4) is 0 Å². The molecule has 0 aromatic carbocycles. The van der Waals surface area contributed by atoms with Crippen molar-refractivity contribution in [3.63, 3.8) is 0 Å². The summed E-state index contributed by atoms with van der Waals surface area (Å²) in [5.41, 5.74) is 1.09. The number of nitrogens with zero attached hydrogens (tertiary/aromatic N) is 1. The lowest BCUT2D eigenvalue weighted by atomic mass is 9.74. The molecule has 2 nitrogen and oxygen atoms in total. The van der Waals surface area contributed by atoms with E-state index in [2.05, 4.69) is 18.8 Å². The van der Waals surface area contributed by atoms with Gasteiger partial charge in [-0.3, -0.25) is 9.78 Å². The number of hydrogen-bond donors (Lipinski definition) is 0. The predicted octanol–water partition coefficient (Wildman–Crippen LogP) is 3.27. The van der Waals surface area contributed by atoms with E-state index in [0.717, 1.165) is 24.3 Å². The van der Waals surface area contributed by atoms with Crippen molar-refractivity contribution >= 4 is 5.78 Å². The summed E-state index contributed by atoms with van der Waals surface area (Å²) >= 11 is 0. The van der Waals surface area contributed by atoms with Gasteiger partial charge in [0.1, 0.15) is 5.78 Å². The van der Waals surface area contributed by atoms with Crippen LogP contribution in [0.25, 0.3) is 0 Å². The number of ketones is 1. The molecule has 3 unspecified atom stereocenters. The monoisotopic (exact) mass is 231 g/mol. The molecule has 0 amide bonds. The summed E-state index contributed by atoms with van der Waals surface area (Å²) in [6.07, 6.45) is 7.45. The molecule has 0 aliphatic heterocycles. The number of carbonyl (C=O) groups is 1. The zero-order valence-electron chi connectivity index (χ0n) is 10.7. The first-order valence-electron chi connectivity index (χ1n) is 6.58. The van der Waals surface area contributed by atoms with E-state index in [4.69, 9.17) is 0 Å². The van der Waals surface area contributed by atoms with Crippen molar-refractivity contribution in [2.24, 2.45) is 17.8 Å². The van der Waals surface area contributed by atoms with Crippen LogP contribution in [0.15, 0.2) is 24.5 Å². The smallest absolute Gasteiger partial charge is 0.140 e. The van der Waals surface area contributed by atoms with Crippen LogP contribution < -0.4 is 0 Å². The third-order valence-corrected chi connectivity index (χ3v) is 4.18. The summed E-state index contributed by atoms with van der Waals surface area (Å²) in [7, 11) is 0. The molecule has 0 bridgehead atoms. The summed E-state index contributed by atoms with van der Waals surface area (Å²) in [6.45, 7) is 4.57. The van der Waals surface area contributed by atoms with E-state index in [-0.39, 0.29) is 5.92 Å². The third-order valence-electron chi connectivity index (χ3n) is 4.18. The lowest BCUT2D eigenvalue weighted by molar-refractivity contribution is -0.123. The highest BCUT2D eigenvalue weighted by atomic mass is 16.1. The molecule has 92 valence electrons. The highest BCUT2D eigenvalue weighted by molar-refractivity contribution is 5.83. The van der Waals surface area contributed by atoms with Crippen LogP contribution in [0.5, 0.6) is 0 Å². The topological polar surface area (TPSA) is 30.0 Å². The molecular formula is C15H21NO. The standard InChI is InChI=1S/C15H21NO/c1-11-3-4-14(9-12(11)2)15(17)10-13-5-7-16-8-6-13/h5-8,11-12,14H,3-4,9-10H2,1-2H3. The van der Waals surface area contributed by atoms with E-state index in [1.54, 1.807) is 12.4 Å². The number of hydrogen-bond acceptors (Lipinski definition) is 2. The summed E-state index contributed by atoms with van der Waals surface area (Å²) < 4.78 is 0. The van der Waals surface area contributed by atoms with Gasteiger partial charge < -0.3 is 0 Å². The van der Waals surface area contributed by atoms with E-state index in [0.29, 0.717) is 18.1 Å². The van der Waals surface area contributed by atoms with Crippen LogP contribution in [-0.4, -0.2) is 10.8 Å². The molecule has 2 heteroatoms. The molecule has 1 aliphatic rings. The molecule has 1 aromatic heterocycles. The van der Waals surface area contributed by atoms with Gasteiger partial charge in [0.2, 0.25) is 0 Å². The quantitative estimate of drug-likeness (QED) is 0.799. The summed E-state index contributed by atoms with van der Waals surface area (Å²) in [4.78, 5) is 16.2. The molecular weight excluding hydrogens is 210 g/mol. The SMILES string of the molecule is CC1CCC(C(=O)Cc2ccncc2)CC1C. The second-order valence-corrected chi connectivity index (χ2v) is 5.46. The molecule has 0 spiro atoms. The van der Waals surface area contributed by atoms with Crippen LogP contribution in [-0.2, 0) is 11.2 Å². The number of carbonyl (C=O) groups excluding carboxylic acids is 1. The molecule has 1 fully saturated rings. The Morgan fingerprint density at radius 2 is 1.94 bits per heavy atom. The van der Waals surface area contributed by atoms with Crippen molar-refractivity contribution in [1.82, 2.24) is 4.98 Å². The second-order valence-electron chi connectivity index (χ2n) is 5.46. The average Bonchev–Trinajstić information content (AvgIpc) is 2.34. The Labute approximate surface area is 103 Å². The number of aromatic nitrogens is 1. The van der Waals surface area contributed by atoms with Crippen LogP contribution in [0.1, 0.15) is 38.7 Å². The fourth-order valence-corrected chi connectivity index (χ4v) is 2.69. The highest BCUT2D eigenvalue weighted by Gasteiger charge is 2.28. The van der Waals surface area contributed by atoms with E-state index in [1.807, 2.05) is 12.1 Å². The Bertz CT molecular complexity index is 374. The van der Waals surface area contributed by atoms with Crippen molar-refractivity contribution < 1.29 is 4.79 Å². The molecule has 0 saturated heterocycles. The van der Waals surface area contributed by atoms with Crippen LogP contribution in [0.2, 0.25) is 0 Å². The third kappa shape index (κ3) is 3.15. The largest absolute Gasteiger partial charge is 0.299 e. The van der Waals surface area contributed by atoms with Gasteiger partial charge in [0.15, 0.2) is 0 Å². The Balaban J connectivity index is 1.93. The van der Waals surface area contributed by atoms with E-state index >= 15 is 0 Å². The summed E-state index contributed by atoms with van der Waals surface area (Å²) in [5.74, 6) is 2.17. The zero-order valence-corrected chi connectivity index (χ0v) is 10.7. The Morgan fingerprint density at radius 1 is 1.24 bits per heavy atom. The van der Waals surface area contributed by atoms with Gasteiger partial charge in [-0.2, -0.15) is 0 Å². The Hall–Kier alpha value is -1.18. The van der Waals surface area contributed by atoms with Gasteiger partial charge >= 0.3 is 0 Å². The van der Waals surface area contributed by atoms with Gasteiger partial charge in [-0.1, -0.05) is 13.8 Å². The van der Waals surface area contributed by atoms with Crippen LogP contribution >= 0.6 is 0 Å². The molecule has 3 atom stereocenters. The van der Waals surface area contributed by atoms with Crippen molar-refractivity contribution in [2.75, 3.05) is 0 Å². The van der Waals surface area contributed by atoms with Gasteiger partial charge in [-0.15, -0.1) is 0 Å². The first-order chi connectivity index (χ1) is 8.16. The fourth-order valence-electron chi connectivity index (χ4n) is 2.69. The number of Topliss-reactive ketones (excluding diaryl/α,β-unsaturated/α-hetero) is 1. The minimum atomic E-state index is 0.286. The predicted molar refractivity (Wildman–Crippen MR) is 68.6 cm³/mol. The maximum absolute atomic E-state index is 12.2. The molecule has 2 rings (SSSR count). The summed E-state index contributed by atoms with van der Waals surface area (Å²) in [6, 6.07) is 3.87. The van der Waals surface area contributed by atoms with Crippen molar-refractivity contribution in [3.05, 3.63) is 30.1 Å². The molecule has 0 N–H and O–H groups in total. The van der Waals surface area contributed by atoms with Crippen molar-refractivity contribution in [3.8, 4) is 0 Å². The zero-order chi connectivity index (χ0) is 12.3. The second kappa shape index (κ2) is 5.44. The lowest BCUT2D eigenvalue weighted by Gasteiger charge is -2.31. The van der Waals surface area contributed by atoms with Gasteiger partial charge in [0.05, 0.1) is 0 Å². The maximum atomic E-state index is 12.2. The van der Waals surface area contributed by atoms with Gasteiger partial charge in [0, 0.05) is 24.7 Å². The first kappa shape index (κ1) is 12.3. The maximum Gasteiger partial charge on any atom is 0.140 e. The van der Waals surface area contributed by atoms with Crippen molar-refractivity contribution in [2.45, 2.75) is 39.5 Å². The first-order valence-corrected chi connectivity index (χ1v) is 6.58. The van der Waals surface area contributed by atoms with Crippen LogP contribution in [0.4, 0.5) is 0 Å². The molecule has 1 heterocycles. The van der Waals surface area contributed by atoms with E-state index < -0.39 is 0 Å². The van der Waals surface area contributed by atoms with Crippen molar-refractivity contribution in [1.29, 1.82) is 0 Å². The molecule has 1 aromatic rings. The number of rotatable bonds is 3. The van der Waals surface area contributed by atoms with E-state index in [1.165, 1.54) is 6.42 Å². The average molecular weight is 231 g/mol. The highest BCUT2D eigenvalue weighted by Crippen LogP contribution is 2.34. The molecule has 1 saturated carbocycles. The van der Waals surface area contributed by atoms with Gasteiger partial charge in [-0.25, -0.2) is 0 Å². The molecule has 0 radical (unpaired) electrons. The van der Waals surface area contributed by atoms with Crippen LogP contribution in [0, 0.1) is 17.8 Å². The minimum Gasteiger partial charge on any atom is -0.299 e. The van der Waals surface area contributed by atoms with E-state index in [9.17, 15) is 4.79 Å². The van der Waals surface area contributed by atoms with Gasteiger partial charge in [-0.05, 0) is 48.8 Å². The lowest BCUT2D eigenvalue weighted by Crippen LogP contribution is -2.27. The number of pyridine rings is 1. The Kier molecular flexibility index (Phi) is 3.93. The minimum absolute atomic E-state index is 0.286. The summed E-state index contributed by atoms with van der Waals surface area (Å²) in [5, 5.41) is 0. The van der Waals surface area contributed by atoms with Gasteiger partial charge in [0.25, 0.3) is 0 Å². The normalized spacial score (nSPS) is 28.9. The molecule has 1 aliphatic carbocycles.